The van der Waals surface area contributed by atoms with Crippen LogP contribution in [0.5, 0.6) is 0 Å². The third-order valence-electron chi connectivity index (χ3n) is 3.22. The summed E-state index contributed by atoms with van der Waals surface area (Å²) in [6.45, 7) is 0. The van der Waals surface area contributed by atoms with Crippen LogP contribution >= 0.6 is 23.2 Å². The van der Waals surface area contributed by atoms with Crippen LogP contribution in [0.4, 0.5) is 0 Å². The first-order chi connectivity index (χ1) is 11.5. The summed E-state index contributed by atoms with van der Waals surface area (Å²) in [4.78, 5) is 25.0. The molecule has 0 amide bonds. The molecule has 0 aliphatic rings. The van der Waals surface area contributed by atoms with E-state index in [1.165, 1.54) is 24.3 Å². The fourth-order valence-electron chi connectivity index (χ4n) is 2.12. The van der Waals surface area contributed by atoms with Crippen molar-refractivity contribution >= 4 is 34.8 Å². The normalized spacial score (nSPS) is 10.6. The molecule has 0 spiro atoms. The number of aromatic nitrogens is 2. The third-order valence-corrected chi connectivity index (χ3v) is 3.69. The van der Waals surface area contributed by atoms with Crippen LogP contribution in [0.25, 0.3) is 0 Å². The van der Waals surface area contributed by atoms with Gasteiger partial charge in [0.15, 0.2) is 0 Å². The van der Waals surface area contributed by atoms with Crippen LogP contribution in [0.15, 0.2) is 53.2 Å². The van der Waals surface area contributed by atoms with E-state index in [2.05, 4.69) is 9.79 Å². The van der Waals surface area contributed by atoms with Gasteiger partial charge in [-0.15, -0.1) is 0 Å². The molecule has 0 saturated carbocycles. The van der Waals surface area contributed by atoms with Crippen molar-refractivity contribution in [2.24, 2.45) is 0 Å². The first kappa shape index (κ1) is 16.2. The summed E-state index contributed by atoms with van der Waals surface area (Å²) in [6.07, 6.45) is 0. The van der Waals surface area contributed by atoms with Gasteiger partial charge in [-0.2, -0.15) is 0 Å². The number of carbonyl (C=O) groups is 2. The lowest BCUT2D eigenvalue weighted by molar-refractivity contribution is -0.803. The van der Waals surface area contributed by atoms with Crippen LogP contribution in [0.2, 0.25) is 10.0 Å². The van der Waals surface area contributed by atoms with E-state index in [0.717, 1.165) is 0 Å². The van der Waals surface area contributed by atoms with E-state index in [9.17, 15) is 14.8 Å². The number of rotatable bonds is 4. The fraction of sp³-hybridized carbons (Fsp3) is 0. The van der Waals surface area contributed by atoms with Gasteiger partial charge < -0.3 is 5.21 Å². The van der Waals surface area contributed by atoms with Gasteiger partial charge in [0, 0.05) is 21.2 Å². The summed E-state index contributed by atoms with van der Waals surface area (Å²) in [6, 6.07) is 12.0. The van der Waals surface area contributed by atoms with Crippen molar-refractivity contribution in [3.63, 3.8) is 0 Å². The lowest BCUT2D eigenvalue weighted by Gasteiger charge is -2.00. The highest BCUT2D eigenvalue weighted by Crippen LogP contribution is 2.18. The highest BCUT2D eigenvalue weighted by Gasteiger charge is 2.33. The van der Waals surface area contributed by atoms with Crippen LogP contribution in [0.3, 0.4) is 0 Å². The Labute approximate surface area is 145 Å². The lowest BCUT2D eigenvalue weighted by Crippen LogP contribution is -2.32. The molecule has 0 bridgehead atoms. The molecule has 1 heterocycles. The maximum atomic E-state index is 12.5. The van der Waals surface area contributed by atoms with Crippen molar-refractivity contribution in [2.75, 3.05) is 0 Å². The lowest BCUT2D eigenvalue weighted by atomic mass is 10.0. The summed E-state index contributed by atoms with van der Waals surface area (Å²) in [5.41, 5.74) is -0.591. The largest absolute Gasteiger partial charge is 0.359 e. The van der Waals surface area contributed by atoms with Crippen molar-refractivity contribution < 1.29 is 19.1 Å². The Morgan fingerprint density at radius 2 is 1.50 bits per heavy atom. The molecule has 0 aliphatic carbocycles. The van der Waals surface area contributed by atoms with Gasteiger partial charge in [-0.1, -0.05) is 47.5 Å². The van der Waals surface area contributed by atoms with Crippen LogP contribution in [-0.2, 0) is 0 Å². The monoisotopic (exact) mass is 362 g/mol. The van der Waals surface area contributed by atoms with E-state index >= 15 is 0 Å². The van der Waals surface area contributed by atoms with Crippen LogP contribution in [0.1, 0.15) is 32.1 Å². The SMILES string of the molecule is O=C(c1cccc(Cl)c1)c1no[n+]([O-])c1C(=O)c1cccc(Cl)c1. The van der Waals surface area contributed by atoms with Crippen molar-refractivity contribution in [1.82, 2.24) is 5.16 Å². The molecule has 1 aromatic heterocycles. The number of halogens is 2. The Kier molecular flexibility index (Phi) is 4.33. The summed E-state index contributed by atoms with van der Waals surface area (Å²) >= 11 is 11.7. The van der Waals surface area contributed by atoms with E-state index in [0.29, 0.717) is 10.0 Å². The topological polar surface area (TPSA) is 87.1 Å². The molecule has 0 N–H and O–H groups in total. The smallest absolute Gasteiger partial charge is 0.300 e. The summed E-state index contributed by atoms with van der Waals surface area (Å²) in [5, 5.41) is 15.9. The minimum atomic E-state index is -0.723. The average Bonchev–Trinajstić information content (AvgIpc) is 2.95. The molecule has 0 radical (unpaired) electrons. The molecule has 0 fully saturated rings. The first-order valence-electron chi connectivity index (χ1n) is 6.67. The highest BCUT2D eigenvalue weighted by atomic mass is 35.5. The molecule has 3 rings (SSSR count). The second-order valence-electron chi connectivity index (χ2n) is 4.81. The zero-order valence-electron chi connectivity index (χ0n) is 11.9. The molecule has 8 heteroatoms. The Hall–Kier alpha value is -2.70. The zero-order valence-corrected chi connectivity index (χ0v) is 13.4. The summed E-state index contributed by atoms with van der Waals surface area (Å²) in [5.74, 6) is -1.37. The van der Waals surface area contributed by atoms with Gasteiger partial charge in [0.25, 0.3) is 11.4 Å². The van der Waals surface area contributed by atoms with Gasteiger partial charge >= 0.3 is 0 Å². The van der Waals surface area contributed by atoms with E-state index in [4.69, 9.17) is 23.2 Å². The fourth-order valence-corrected chi connectivity index (χ4v) is 2.50. The Bertz CT molecular complexity index is 953. The Balaban J connectivity index is 2.06. The predicted molar refractivity (Wildman–Crippen MR) is 85.2 cm³/mol. The summed E-state index contributed by atoms with van der Waals surface area (Å²) < 4.78 is 4.44. The maximum absolute atomic E-state index is 12.5. The molecule has 0 unspecified atom stereocenters. The van der Waals surface area contributed by atoms with E-state index < -0.39 is 23.0 Å². The van der Waals surface area contributed by atoms with Crippen LogP contribution in [-0.4, -0.2) is 16.7 Å². The van der Waals surface area contributed by atoms with Gasteiger partial charge in [-0.3, -0.25) is 14.2 Å². The van der Waals surface area contributed by atoms with Crippen molar-refractivity contribution in [3.05, 3.63) is 86.3 Å². The number of nitrogens with zero attached hydrogens (tertiary/aromatic N) is 2. The quantitative estimate of drug-likeness (QED) is 0.525. The maximum Gasteiger partial charge on any atom is 0.300 e. The van der Waals surface area contributed by atoms with Crippen molar-refractivity contribution in [2.45, 2.75) is 0 Å². The standard InChI is InChI=1S/C16H8Cl2N2O4/c17-11-5-1-3-9(7-11)15(21)13-14(20(23)24-19-13)16(22)10-4-2-6-12(18)8-10/h1-8H. The number of ketones is 2. The molecular formula is C16H8Cl2N2O4. The molecule has 6 nitrogen and oxygen atoms in total. The number of benzene rings is 2. The van der Waals surface area contributed by atoms with Crippen LogP contribution in [0, 0.1) is 5.21 Å². The zero-order chi connectivity index (χ0) is 17.3. The van der Waals surface area contributed by atoms with Gasteiger partial charge in [-0.05, 0) is 29.2 Å². The molecule has 2 aromatic carbocycles. The molecule has 24 heavy (non-hydrogen) atoms. The number of carbonyl (C=O) groups excluding carboxylic acids is 2. The Morgan fingerprint density at radius 1 is 0.958 bits per heavy atom. The van der Waals surface area contributed by atoms with E-state index in [1.54, 1.807) is 24.3 Å². The minimum absolute atomic E-state index is 0.0962. The van der Waals surface area contributed by atoms with E-state index in [-0.39, 0.29) is 16.0 Å². The average molecular weight is 363 g/mol. The molecule has 0 atom stereocenters. The van der Waals surface area contributed by atoms with Gasteiger partial charge in [-0.25, -0.2) is 0 Å². The number of hydrogen-bond acceptors (Lipinski definition) is 5. The second-order valence-corrected chi connectivity index (χ2v) is 5.68. The van der Waals surface area contributed by atoms with Crippen molar-refractivity contribution in [1.29, 1.82) is 0 Å². The molecule has 0 saturated heterocycles. The van der Waals surface area contributed by atoms with Crippen LogP contribution < -0.4 is 4.90 Å². The first-order valence-corrected chi connectivity index (χ1v) is 7.43. The molecule has 0 aliphatic heterocycles. The van der Waals surface area contributed by atoms with E-state index in [1.807, 2.05) is 0 Å². The summed E-state index contributed by atoms with van der Waals surface area (Å²) in [7, 11) is 0. The molecular weight excluding hydrogens is 355 g/mol. The molecule has 120 valence electrons. The van der Waals surface area contributed by atoms with Gasteiger partial charge in [0.1, 0.15) is 0 Å². The minimum Gasteiger partial charge on any atom is -0.359 e. The molecule has 3 aromatic rings. The highest BCUT2D eigenvalue weighted by molar-refractivity contribution is 6.31. The second kappa shape index (κ2) is 6.43. The van der Waals surface area contributed by atoms with Gasteiger partial charge in [0.2, 0.25) is 11.6 Å². The van der Waals surface area contributed by atoms with Crippen molar-refractivity contribution in [3.8, 4) is 0 Å². The van der Waals surface area contributed by atoms with Gasteiger partial charge in [0.05, 0.1) is 5.16 Å². The Morgan fingerprint density at radius 3 is 2.04 bits per heavy atom. The predicted octanol–water partition coefficient (Wildman–Crippen LogP) is 3.08. The third kappa shape index (κ3) is 3.02. The number of hydrogen-bond donors (Lipinski definition) is 0.